The quantitative estimate of drug-likeness (QED) is 0.756. The van der Waals surface area contributed by atoms with E-state index in [4.69, 9.17) is 0 Å². The Morgan fingerprint density at radius 1 is 0.960 bits per heavy atom. The summed E-state index contributed by atoms with van der Waals surface area (Å²) < 4.78 is 50.8. The number of fused-ring (bicyclic) bond motifs is 1. The van der Waals surface area contributed by atoms with Gasteiger partial charge in [0.25, 0.3) is 10.0 Å². The minimum atomic E-state index is -3.86. The number of aromatic nitrogens is 1. The van der Waals surface area contributed by atoms with Crippen LogP contribution >= 0.6 is 0 Å². The van der Waals surface area contributed by atoms with Crippen molar-refractivity contribution in [1.82, 2.24) is 4.98 Å². The van der Waals surface area contributed by atoms with Crippen LogP contribution in [-0.2, 0) is 19.9 Å². The third kappa shape index (κ3) is 3.64. The average Bonchev–Trinajstić information content (AvgIpc) is 2.53. The second-order valence-corrected chi connectivity index (χ2v) is 9.41. The standard InChI is InChI=1S/C17H16N2O4S2/c1-12-10-13-4-3-5-16(17(13)18-11-12)25(22,23)19-14-6-8-15(9-7-14)24(2,20)21/h3-11,19H,1-2H3. The molecule has 0 saturated heterocycles. The van der Waals surface area contributed by atoms with Gasteiger partial charge in [0, 0.05) is 23.5 Å². The molecule has 0 atom stereocenters. The Morgan fingerprint density at radius 3 is 2.28 bits per heavy atom. The molecule has 2 aromatic carbocycles. The fraction of sp³-hybridized carbons (Fsp3) is 0.118. The summed E-state index contributed by atoms with van der Waals surface area (Å²) in [4.78, 5) is 4.43. The SMILES string of the molecule is Cc1cnc2c(S(=O)(=O)Nc3ccc(S(C)(=O)=O)cc3)cccc2c1. The van der Waals surface area contributed by atoms with E-state index in [1.165, 1.54) is 30.3 Å². The molecule has 0 fully saturated rings. The van der Waals surface area contributed by atoms with E-state index in [9.17, 15) is 16.8 Å². The molecule has 1 aromatic heterocycles. The van der Waals surface area contributed by atoms with Gasteiger partial charge in [-0.1, -0.05) is 12.1 Å². The van der Waals surface area contributed by atoms with Crippen LogP contribution in [0.15, 0.2) is 64.5 Å². The molecule has 25 heavy (non-hydrogen) atoms. The number of anilines is 1. The normalized spacial score (nSPS) is 12.2. The summed E-state index contributed by atoms with van der Waals surface area (Å²) in [6.45, 7) is 1.88. The molecule has 130 valence electrons. The maximum absolute atomic E-state index is 12.7. The topological polar surface area (TPSA) is 93.2 Å². The molecule has 0 spiro atoms. The zero-order valence-corrected chi connectivity index (χ0v) is 15.2. The van der Waals surface area contributed by atoms with Crippen molar-refractivity contribution in [3.8, 4) is 0 Å². The van der Waals surface area contributed by atoms with E-state index < -0.39 is 19.9 Å². The van der Waals surface area contributed by atoms with Crippen LogP contribution in [0.5, 0.6) is 0 Å². The van der Waals surface area contributed by atoms with Gasteiger partial charge in [-0.3, -0.25) is 9.71 Å². The van der Waals surface area contributed by atoms with Crippen LogP contribution in [0.3, 0.4) is 0 Å². The second-order valence-electron chi connectivity index (χ2n) is 5.74. The van der Waals surface area contributed by atoms with Crippen molar-refractivity contribution < 1.29 is 16.8 Å². The minimum absolute atomic E-state index is 0.0668. The van der Waals surface area contributed by atoms with Crippen LogP contribution in [0, 0.1) is 6.92 Å². The number of aryl methyl sites for hydroxylation is 1. The lowest BCUT2D eigenvalue weighted by atomic mass is 10.2. The second kappa shape index (κ2) is 6.12. The van der Waals surface area contributed by atoms with Gasteiger partial charge in [0.2, 0.25) is 0 Å². The summed E-state index contributed by atoms with van der Waals surface area (Å²) in [6, 6.07) is 12.4. The van der Waals surface area contributed by atoms with E-state index in [1.54, 1.807) is 18.3 Å². The molecule has 3 aromatic rings. The molecule has 0 saturated carbocycles. The van der Waals surface area contributed by atoms with Crippen LogP contribution in [0.4, 0.5) is 5.69 Å². The van der Waals surface area contributed by atoms with Gasteiger partial charge in [0.15, 0.2) is 9.84 Å². The van der Waals surface area contributed by atoms with Gasteiger partial charge in [-0.25, -0.2) is 16.8 Å². The van der Waals surface area contributed by atoms with Crippen molar-refractivity contribution >= 4 is 36.5 Å². The predicted molar refractivity (Wildman–Crippen MR) is 96.8 cm³/mol. The summed E-state index contributed by atoms with van der Waals surface area (Å²) in [5.41, 5.74) is 1.59. The van der Waals surface area contributed by atoms with Crippen molar-refractivity contribution in [1.29, 1.82) is 0 Å². The molecule has 3 rings (SSSR count). The fourth-order valence-corrected chi connectivity index (χ4v) is 4.31. The monoisotopic (exact) mass is 376 g/mol. The lowest BCUT2D eigenvalue weighted by Gasteiger charge is -2.10. The van der Waals surface area contributed by atoms with Gasteiger partial charge < -0.3 is 0 Å². The Kier molecular flexibility index (Phi) is 4.26. The molecular formula is C17H16N2O4S2. The van der Waals surface area contributed by atoms with Crippen molar-refractivity contribution in [3.05, 3.63) is 60.3 Å². The summed E-state index contributed by atoms with van der Waals surface area (Å²) >= 11 is 0. The maximum atomic E-state index is 12.7. The average molecular weight is 376 g/mol. The van der Waals surface area contributed by atoms with Crippen LogP contribution in [-0.4, -0.2) is 28.1 Å². The predicted octanol–water partition coefficient (Wildman–Crippen LogP) is 2.75. The highest BCUT2D eigenvalue weighted by Crippen LogP contribution is 2.24. The van der Waals surface area contributed by atoms with E-state index >= 15 is 0 Å². The molecule has 8 heteroatoms. The first kappa shape index (κ1) is 17.4. The number of nitrogens with one attached hydrogen (secondary N) is 1. The Labute approximate surface area is 146 Å². The largest absolute Gasteiger partial charge is 0.280 e. The summed E-state index contributed by atoms with van der Waals surface area (Å²) in [5.74, 6) is 0. The van der Waals surface area contributed by atoms with E-state index in [1.807, 2.05) is 13.0 Å². The van der Waals surface area contributed by atoms with E-state index in [2.05, 4.69) is 9.71 Å². The summed E-state index contributed by atoms with van der Waals surface area (Å²) in [7, 11) is -7.20. The van der Waals surface area contributed by atoms with Gasteiger partial charge in [-0.15, -0.1) is 0 Å². The highest BCUT2D eigenvalue weighted by atomic mass is 32.2. The van der Waals surface area contributed by atoms with E-state index in [0.717, 1.165) is 17.2 Å². The summed E-state index contributed by atoms with van der Waals surface area (Å²) in [5, 5.41) is 0.732. The van der Waals surface area contributed by atoms with Crippen molar-refractivity contribution in [2.24, 2.45) is 0 Å². The molecule has 0 bridgehead atoms. The van der Waals surface area contributed by atoms with Crippen molar-refractivity contribution in [2.75, 3.05) is 11.0 Å². The number of hydrogen-bond donors (Lipinski definition) is 1. The molecule has 1 heterocycles. The molecule has 1 N–H and O–H groups in total. The van der Waals surface area contributed by atoms with Gasteiger partial charge in [-0.2, -0.15) is 0 Å². The Bertz CT molecular complexity index is 1150. The minimum Gasteiger partial charge on any atom is -0.280 e. The number of hydrogen-bond acceptors (Lipinski definition) is 5. The molecule has 0 aliphatic rings. The first-order chi connectivity index (χ1) is 11.7. The van der Waals surface area contributed by atoms with Gasteiger partial charge in [0.1, 0.15) is 4.90 Å². The third-order valence-corrected chi connectivity index (χ3v) is 6.18. The number of sulfonamides is 1. The number of pyridine rings is 1. The molecule has 0 aliphatic carbocycles. The fourth-order valence-electron chi connectivity index (χ4n) is 2.44. The van der Waals surface area contributed by atoms with Gasteiger partial charge in [-0.05, 0) is 48.9 Å². The smallest absolute Gasteiger partial charge is 0.264 e. The third-order valence-electron chi connectivity index (χ3n) is 3.63. The summed E-state index contributed by atoms with van der Waals surface area (Å²) in [6.07, 6.45) is 2.71. The number of benzene rings is 2. The van der Waals surface area contributed by atoms with E-state index in [0.29, 0.717) is 5.52 Å². The molecular weight excluding hydrogens is 360 g/mol. The lowest BCUT2D eigenvalue weighted by Crippen LogP contribution is -2.14. The highest BCUT2D eigenvalue weighted by Gasteiger charge is 2.19. The Hall–Kier alpha value is -2.45. The number of rotatable bonds is 4. The molecule has 0 unspecified atom stereocenters. The first-order valence-electron chi connectivity index (χ1n) is 7.35. The van der Waals surface area contributed by atoms with E-state index in [-0.39, 0.29) is 15.5 Å². The highest BCUT2D eigenvalue weighted by molar-refractivity contribution is 7.93. The van der Waals surface area contributed by atoms with Crippen LogP contribution in [0.25, 0.3) is 10.9 Å². The molecule has 0 amide bonds. The van der Waals surface area contributed by atoms with Crippen LogP contribution in [0.2, 0.25) is 0 Å². The number of sulfone groups is 1. The Balaban J connectivity index is 2.00. The molecule has 0 radical (unpaired) electrons. The van der Waals surface area contributed by atoms with Gasteiger partial charge >= 0.3 is 0 Å². The zero-order valence-electron chi connectivity index (χ0n) is 13.6. The first-order valence-corrected chi connectivity index (χ1v) is 10.7. The van der Waals surface area contributed by atoms with Crippen LogP contribution < -0.4 is 4.72 Å². The molecule has 6 nitrogen and oxygen atoms in total. The lowest BCUT2D eigenvalue weighted by molar-refractivity contribution is 0.600. The van der Waals surface area contributed by atoms with Crippen molar-refractivity contribution in [3.63, 3.8) is 0 Å². The van der Waals surface area contributed by atoms with Crippen LogP contribution in [0.1, 0.15) is 5.56 Å². The van der Waals surface area contributed by atoms with Crippen molar-refractivity contribution in [2.45, 2.75) is 16.7 Å². The Morgan fingerprint density at radius 2 is 1.64 bits per heavy atom. The molecule has 0 aliphatic heterocycles. The van der Waals surface area contributed by atoms with Gasteiger partial charge in [0.05, 0.1) is 10.4 Å². The zero-order chi connectivity index (χ0) is 18.2. The maximum Gasteiger partial charge on any atom is 0.264 e. The number of para-hydroxylation sites is 1. The number of nitrogens with zero attached hydrogens (tertiary/aromatic N) is 1.